The first kappa shape index (κ1) is 29.2. The summed E-state index contributed by atoms with van der Waals surface area (Å²) in [4.78, 5) is -0.284. The van der Waals surface area contributed by atoms with Crippen LogP contribution in [-0.4, -0.2) is 13.0 Å². The van der Waals surface area contributed by atoms with Crippen LogP contribution in [0.25, 0.3) is 0 Å². The van der Waals surface area contributed by atoms with Crippen molar-refractivity contribution in [3.05, 3.63) is 54.1 Å². The van der Waals surface area contributed by atoms with Crippen LogP contribution in [-0.2, 0) is 16.5 Å². The average molecular weight is 469 g/mol. The number of para-hydroxylation sites is 1. The van der Waals surface area contributed by atoms with Crippen LogP contribution in [0.15, 0.2) is 53.4 Å². The Labute approximate surface area is 217 Å². The molecule has 0 aliphatic carbocycles. The van der Waals surface area contributed by atoms with Crippen molar-refractivity contribution in [3.8, 4) is 11.5 Å². The maximum absolute atomic E-state index is 11.7. The second kappa shape index (κ2) is 16.7. The zero-order valence-electron chi connectivity index (χ0n) is 19.9. The van der Waals surface area contributed by atoms with E-state index in [2.05, 4.69) is 6.92 Å². The SMILES string of the molecule is CCCCCCCCCCCCCCc1ccc(Oc2ccccc2)c(S(=O)(=O)[O-])c1.[Na+]. The number of aryl methyl sites for hydroxylation is 1. The summed E-state index contributed by atoms with van der Waals surface area (Å²) in [7, 11) is -4.61. The summed E-state index contributed by atoms with van der Waals surface area (Å²) in [6, 6.07) is 13.8. The minimum atomic E-state index is -4.61. The molecule has 32 heavy (non-hydrogen) atoms. The van der Waals surface area contributed by atoms with Gasteiger partial charge in [-0.1, -0.05) is 102 Å². The number of unbranched alkanes of at least 4 members (excludes halogenated alkanes) is 11. The van der Waals surface area contributed by atoms with Gasteiger partial charge in [0.15, 0.2) is 0 Å². The molecule has 0 saturated heterocycles. The Bertz CT molecular complexity index is 853. The third-order valence-electron chi connectivity index (χ3n) is 5.57. The van der Waals surface area contributed by atoms with Gasteiger partial charge in [0.05, 0.1) is 4.90 Å². The third kappa shape index (κ3) is 11.9. The first-order chi connectivity index (χ1) is 15.0. The number of hydrogen-bond donors (Lipinski definition) is 0. The van der Waals surface area contributed by atoms with Gasteiger partial charge >= 0.3 is 29.6 Å². The van der Waals surface area contributed by atoms with Gasteiger partial charge in [-0.3, -0.25) is 0 Å². The molecule has 0 amide bonds. The summed E-state index contributed by atoms with van der Waals surface area (Å²) in [5.41, 5.74) is 0.863. The van der Waals surface area contributed by atoms with Gasteiger partial charge < -0.3 is 9.29 Å². The first-order valence-electron chi connectivity index (χ1n) is 11.8. The molecule has 0 N–H and O–H groups in total. The fourth-order valence-corrected chi connectivity index (χ4v) is 4.43. The van der Waals surface area contributed by atoms with Crippen LogP contribution in [0.5, 0.6) is 11.5 Å². The molecule has 0 spiro atoms. The summed E-state index contributed by atoms with van der Waals surface area (Å²) in [6.45, 7) is 2.25. The predicted octanol–water partition coefficient (Wildman–Crippen LogP) is 4.63. The fourth-order valence-electron chi connectivity index (χ4n) is 3.77. The number of benzene rings is 2. The van der Waals surface area contributed by atoms with E-state index in [1.54, 1.807) is 30.3 Å². The second-order valence-electron chi connectivity index (χ2n) is 8.29. The summed E-state index contributed by atoms with van der Waals surface area (Å²) in [5, 5.41) is 0. The summed E-state index contributed by atoms with van der Waals surface area (Å²) in [6.07, 6.45) is 16.1. The maximum atomic E-state index is 11.7. The fraction of sp³-hybridized carbons (Fsp3) is 0.538. The Balaban J connectivity index is 0.00000512. The van der Waals surface area contributed by atoms with Crippen LogP contribution in [0.2, 0.25) is 0 Å². The molecule has 172 valence electrons. The first-order valence-corrected chi connectivity index (χ1v) is 13.2. The van der Waals surface area contributed by atoms with E-state index in [9.17, 15) is 13.0 Å². The van der Waals surface area contributed by atoms with Gasteiger partial charge in [-0.2, -0.15) is 0 Å². The van der Waals surface area contributed by atoms with Crippen molar-refractivity contribution in [1.29, 1.82) is 0 Å². The van der Waals surface area contributed by atoms with Crippen molar-refractivity contribution in [1.82, 2.24) is 0 Å². The van der Waals surface area contributed by atoms with E-state index < -0.39 is 10.1 Å². The van der Waals surface area contributed by atoms with Crippen LogP contribution < -0.4 is 34.3 Å². The van der Waals surface area contributed by atoms with E-state index in [1.165, 1.54) is 70.3 Å². The van der Waals surface area contributed by atoms with Crippen molar-refractivity contribution in [2.24, 2.45) is 0 Å². The standard InChI is InChI=1S/C26H38O4S.Na/c1-2-3-4-5-6-7-8-9-10-11-12-14-17-23-20-21-25(26(22-23)31(27,28)29)30-24-18-15-13-16-19-24;/h13,15-16,18-22H,2-12,14,17H2,1H3,(H,27,28,29);/q;+1/p-1. The molecule has 2 aromatic carbocycles. The van der Waals surface area contributed by atoms with Crippen LogP contribution >= 0.6 is 0 Å². The van der Waals surface area contributed by atoms with Crippen molar-refractivity contribution in [2.75, 3.05) is 0 Å². The van der Waals surface area contributed by atoms with Gasteiger partial charge in [-0.15, -0.1) is 0 Å². The Hall–Kier alpha value is -0.850. The Morgan fingerprint density at radius 3 is 1.81 bits per heavy atom. The van der Waals surface area contributed by atoms with Crippen molar-refractivity contribution in [2.45, 2.75) is 95.3 Å². The van der Waals surface area contributed by atoms with Gasteiger partial charge in [0.2, 0.25) is 0 Å². The molecule has 4 nitrogen and oxygen atoms in total. The molecule has 0 fully saturated rings. The molecular weight excluding hydrogens is 431 g/mol. The van der Waals surface area contributed by atoms with Gasteiger partial charge in [-0.05, 0) is 42.7 Å². The molecule has 0 atom stereocenters. The number of ether oxygens (including phenoxy) is 1. The molecule has 0 aliphatic heterocycles. The minimum absolute atomic E-state index is 0. The molecular formula is C26H37NaO4S. The number of hydrogen-bond acceptors (Lipinski definition) is 4. The van der Waals surface area contributed by atoms with E-state index >= 15 is 0 Å². The molecule has 0 radical (unpaired) electrons. The van der Waals surface area contributed by atoms with E-state index in [0.717, 1.165) is 24.8 Å². The molecule has 0 unspecified atom stereocenters. The Morgan fingerprint density at radius 2 is 1.28 bits per heavy atom. The van der Waals surface area contributed by atoms with Crippen LogP contribution in [0.4, 0.5) is 0 Å². The Kier molecular flexibility index (Phi) is 15.2. The molecule has 0 bridgehead atoms. The summed E-state index contributed by atoms with van der Waals surface area (Å²) < 4.78 is 40.8. The molecule has 2 rings (SSSR count). The molecule has 0 saturated carbocycles. The maximum Gasteiger partial charge on any atom is 1.00 e. The molecule has 6 heteroatoms. The smallest absolute Gasteiger partial charge is 0.744 e. The zero-order chi connectivity index (χ0) is 22.4. The molecule has 0 aromatic heterocycles. The van der Waals surface area contributed by atoms with Crippen LogP contribution in [0, 0.1) is 0 Å². The quantitative estimate of drug-likeness (QED) is 0.205. The van der Waals surface area contributed by atoms with Crippen molar-refractivity contribution < 1.29 is 47.3 Å². The third-order valence-corrected chi connectivity index (χ3v) is 6.43. The topological polar surface area (TPSA) is 66.4 Å². The predicted molar refractivity (Wildman–Crippen MR) is 126 cm³/mol. The zero-order valence-corrected chi connectivity index (χ0v) is 22.7. The van der Waals surface area contributed by atoms with Crippen LogP contribution in [0.3, 0.4) is 0 Å². The number of rotatable bonds is 16. The van der Waals surface area contributed by atoms with E-state index in [-0.39, 0.29) is 40.2 Å². The van der Waals surface area contributed by atoms with E-state index in [4.69, 9.17) is 4.74 Å². The van der Waals surface area contributed by atoms with Crippen molar-refractivity contribution in [3.63, 3.8) is 0 Å². The monoisotopic (exact) mass is 468 g/mol. The largest absolute Gasteiger partial charge is 1.00 e. The molecule has 2 aromatic rings. The van der Waals surface area contributed by atoms with Crippen LogP contribution in [0.1, 0.15) is 89.5 Å². The molecule has 0 heterocycles. The summed E-state index contributed by atoms with van der Waals surface area (Å²) >= 11 is 0. The van der Waals surface area contributed by atoms with Gasteiger partial charge in [0, 0.05) is 0 Å². The molecule has 0 aliphatic rings. The van der Waals surface area contributed by atoms with Gasteiger partial charge in [0.25, 0.3) is 0 Å². The normalized spacial score (nSPS) is 11.2. The minimum Gasteiger partial charge on any atom is -0.744 e. The van der Waals surface area contributed by atoms with Gasteiger partial charge in [0.1, 0.15) is 21.6 Å². The van der Waals surface area contributed by atoms with Crippen molar-refractivity contribution >= 4 is 10.1 Å². The van der Waals surface area contributed by atoms with Gasteiger partial charge in [-0.25, -0.2) is 8.42 Å². The average Bonchev–Trinajstić information content (AvgIpc) is 2.75. The second-order valence-corrected chi connectivity index (χ2v) is 9.64. The Morgan fingerprint density at radius 1 is 0.750 bits per heavy atom. The van der Waals surface area contributed by atoms with E-state index in [1.807, 2.05) is 12.1 Å². The van der Waals surface area contributed by atoms with E-state index in [0.29, 0.717) is 5.75 Å². The summed E-state index contributed by atoms with van der Waals surface area (Å²) in [5.74, 6) is 0.584.